The molecule has 1 aliphatic rings. The molecular formula is C11H21NO2. The minimum absolute atomic E-state index is 0.216. The van der Waals surface area contributed by atoms with Crippen LogP contribution in [0, 0.1) is 11.8 Å². The van der Waals surface area contributed by atoms with Gasteiger partial charge in [0.15, 0.2) is 0 Å². The van der Waals surface area contributed by atoms with Crippen LogP contribution in [-0.4, -0.2) is 24.2 Å². The van der Waals surface area contributed by atoms with E-state index in [0.29, 0.717) is 0 Å². The molecule has 0 aromatic rings. The highest BCUT2D eigenvalue weighted by molar-refractivity contribution is 5.69. The average molecular weight is 199 g/mol. The topological polar surface area (TPSA) is 49.3 Å². The summed E-state index contributed by atoms with van der Waals surface area (Å²) in [6.07, 6.45) is 6.20. The van der Waals surface area contributed by atoms with Crippen LogP contribution in [0.2, 0.25) is 0 Å². The quantitative estimate of drug-likeness (QED) is 0.615. The van der Waals surface area contributed by atoms with Gasteiger partial charge in [0.05, 0.1) is 5.92 Å². The molecule has 0 saturated heterocycles. The molecule has 1 unspecified atom stereocenters. The number of aliphatic carboxylic acids is 1. The lowest BCUT2D eigenvalue weighted by Gasteiger charge is -2.25. The Morgan fingerprint density at radius 2 is 2.21 bits per heavy atom. The lowest BCUT2D eigenvalue weighted by molar-refractivity contribution is -0.141. The van der Waals surface area contributed by atoms with Crippen LogP contribution in [0.25, 0.3) is 0 Å². The Hall–Kier alpha value is -0.570. The van der Waals surface area contributed by atoms with Crippen molar-refractivity contribution < 1.29 is 9.90 Å². The molecule has 14 heavy (non-hydrogen) atoms. The summed E-state index contributed by atoms with van der Waals surface area (Å²) >= 11 is 0. The van der Waals surface area contributed by atoms with Crippen molar-refractivity contribution in [3.05, 3.63) is 0 Å². The molecule has 3 nitrogen and oxygen atoms in total. The average Bonchev–Trinajstić information content (AvgIpc) is 2.07. The summed E-state index contributed by atoms with van der Waals surface area (Å²) in [4.78, 5) is 10.5. The number of carboxylic acid groups (broad SMARTS) is 1. The van der Waals surface area contributed by atoms with Crippen molar-refractivity contribution in [1.29, 1.82) is 0 Å². The molecule has 1 saturated carbocycles. The van der Waals surface area contributed by atoms with E-state index in [4.69, 9.17) is 5.11 Å². The Balaban J connectivity index is 1.86. The molecule has 0 bridgehead atoms. The van der Waals surface area contributed by atoms with Crippen LogP contribution in [-0.2, 0) is 4.79 Å². The van der Waals surface area contributed by atoms with Gasteiger partial charge in [0, 0.05) is 0 Å². The Morgan fingerprint density at radius 3 is 2.71 bits per heavy atom. The molecule has 82 valence electrons. The maximum absolute atomic E-state index is 10.5. The Labute approximate surface area is 85.9 Å². The van der Waals surface area contributed by atoms with Gasteiger partial charge < -0.3 is 10.4 Å². The van der Waals surface area contributed by atoms with E-state index in [0.717, 1.165) is 25.4 Å². The van der Waals surface area contributed by atoms with Gasteiger partial charge in [-0.1, -0.05) is 26.2 Å². The molecule has 1 atom stereocenters. The molecular weight excluding hydrogens is 178 g/mol. The summed E-state index contributed by atoms with van der Waals surface area (Å²) in [5.41, 5.74) is 0. The minimum atomic E-state index is -0.689. The van der Waals surface area contributed by atoms with E-state index in [1.807, 2.05) is 0 Å². The molecule has 0 radical (unpaired) electrons. The first-order chi connectivity index (χ1) is 6.70. The highest BCUT2D eigenvalue weighted by Gasteiger charge is 2.16. The molecule has 2 N–H and O–H groups in total. The maximum Gasteiger partial charge on any atom is 0.306 e. The fourth-order valence-electron chi connectivity index (χ4n) is 1.65. The number of nitrogens with one attached hydrogen (secondary N) is 1. The first-order valence-electron chi connectivity index (χ1n) is 5.63. The van der Waals surface area contributed by atoms with Crippen LogP contribution in [0.15, 0.2) is 0 Å². The summed E-state index contributed by atoms with van der Waals surface area (Å²) in [7, 11) is 0. The van der Waals surface area contributed by atoms with Gasteiger partial charge in [-0.15, -0.1) is 0 Å². The number of hydrogen-bond acceptors (Lipinski definition) is 2. The second kappa shape index (κ2) is 6.02. The predicted octanol–water partition coefficient (Wildman–Crippen LogP) is 1.88. The minimum Gasteiger partial charge on any atom is -0.481 e. The third-order valence-electron chi connectivity index (χ3n) is 3.13. The standard InChI is InChI=1S/C11H21NO2/c1-9(11(13)14)5-7-12-8-6-10-3-2-4-10/h9-10,12H,2-8H2,1H3,(H,13,14). The molecule has 3 heteroatoms. The first-order valence-corrected chi connectivity index (χ1v) is 5.63. The normalized spacial score (nSPS) is 18.9. The summed E-state index contributed by atoms with van der Waals surface area (Å²) in [6, 6.07) is 0. The zero-order chi connectivity index (χ0) is 10.4. The van der Waals surface area contributed by atoms with Crippen LogP contribution < -0.4 is 5.32 Å². The van der Waals surface area contributed by atoms with E-state index in [1.54, 1.807) is 6.92 Å². The molecule has 1 aliphatic carbocycles. The van der Waals surface area contributed by atoms with Crippen LogP contribution in [0.3, 0.4) is 0 Å². The van der Waals surface area contributed by atoms with Gasteiger partial charge in [0.25, 0.3) is 0 Å². The zero-order valence-corrected chi connectivity index (χ0v) is 8.96. The van der Waals surface area contributed by atoms with E-state index in [9.17, 15) is 4.79 Å². The van der Waals surface area contributed by atoms with E-state index in [2.05, 4.69) is 5.32 Å². The molecule has 0 amide bonds. The second-order valence-electron chi connectivity index (χ2n) is 4.36. The van der Waals surface area contributed by atoms with Gasteiger partial charge in [-0.2, -0.15) is 0 Å². The van der Waals surface area contributed by atoms with E-state index < -0.39 is 5.97 Å². The molecule has 1 fully saturated rings. The highest BCUT2D eigenvalue weighted by atomic mass is 16.4. The van der Waals surface area contributed by atoms with Gasteiger partial charge in [0.1, 0.15) is 0 Å². The van der Waals surface area contributed by atoms with Gasteiger partial charge in [-0.25, -0.2) is 0 Å². The Morgan fingerprint density at radius 1 is 1.50 bits per heavy atom. The third kappa shape index (κ3) is 4.09. The number of rotatable bonds is 7. The van der Waals surface area contributed by atoms with Crippen molar-refractivity contribution in [3.63, 3.8) is 0 Å². The van der Waals surface area contributed by atoms with Crippen molar-refractivity contribution in [3.8, 4) is 0 Å². The first kappa shape index (κ1) is 11.5. The smallest absolute Gasteiger partial charge is 0.306 e. The van der Waals surface area contributed by atoms with E-state index in [-0.39, 0.29) is 5.92 Å². The van der Waals surface area contributed by atoms with Gasteiger partial charge in [-0.3, -0.25) is 4.79 Å². The number of carbonyl (C=O) groups is 1. The summed E-state index contributed by atoms with van der Waals surface area (Å²) < 4.78 is 0. The lowest BCUT2D eigenvalue weighted by Crippen LogP contribution is -2.24. The highest BCUT2D eigenvalue weighted by Crippen LogP contribution is 2.28. The van der Waals surface area contributed by atoms with Gasteiger partial charge in [0.2, 0.25) is 0 Å². The summed E-state index contributed by atoms with van der Waals surface area (Å²) in [6.45, 7) is 3.65. The molecule has 0 aliphatic heterocycles. The van der Waals surface area contributed by atoms with Crippen LogP contribution in [0.1, 0.15) is 39.0 Å². The van der Waals surface area contributed by atoms with E-state index in [1.165, 1.54) is 25.7 Å². The predicted molar refractivity (Wildman–Crippen MR) is 56.2 cm³/mol. The van der Waals surface area contributed by atoms with Crippen molar-refractivity contribution in [2.45, 2.75) is 39.0 Å². The largest absolute Gasteiger partial charge is 0.481 e. The fourth-order valence-corrected chi connectivity index (χ4v) is 1.65. The molecule has 0 spiro atoms. The van der Waals surface area contributed by atoms with Crippen molar-refractivity contribution in [2.24, 2.45) is 11.8 Å². The third-order valence-corrected chi connectivity index (χ3v) is 3.13. The molecule has 0 heterocycles. The maximum atomic E-state index is 10.5. The van der Waals surface area contributed by atoms with Crippen molar-refractivity contribution in [2.75, 3.05) is 13.1 Å². The van der Waals surface area contributed by atoms with Crippen LogP contribution >= 0.6 is 0 Å². The Bertz CT molecular complexity index is 178. The van der Waals surface area contributed by atoms with Gasteiger partial charge >= 0.3 is 5.97 Å². The van der Waals surface area contributed by atoms with Gasteiger partial charge in [-0.05, 0) is 31.8 Å². The summed E-state index contributed by atoms with van der Waals surface area (Å²) in [5, 5.41) is 12.0. The van der Waals surface area contributed by atoms with E-state index >= 15 is 0 Å². The molecule has 0 aromatic carbocycles. The van der Waals surface area contributed by atoms with Crippen molar-refractivity contribution in [1.82, 2.24) is 5.32 Å². The second-order valence-corrected chi connectivity index (χ2v) is 4.36. The molecule has 1 rings (SSSR count). The molecule has 0 aromatic heterocycles. The number of carboxylic acids is 1. The number of hydrogen-bond donors (Lipinski definition) is 2. The zero-order valence-electron chi connectivity index (χ0n) is 8.96. The summed E-state index contributed by atoms with van der Waals surface area (Å²) in [5.74, 6) is 0.0383. The SMILES string of the molecule is CC(CCNCCC1CCC1)C(=O)O. The van der Waals surface area contributed by atoms with Crippen LogP contribution in [0.5, 0.6) is 0 Å². The van der Waals surface area contributed by atoms with Crippen molar-refractivity contribution >= 4 is 5.97 Å². The monoisotopic (exact) mass is 199 g/mol. The fraction of sp³-hybridized carbons (Fsp3) is 0.909. The lowest BCUT2D eigenvalue weighted by atomic mass is 9.83. The Kier molecular flexibility index (Phi) is 4.94. The van der Waals surface area contributed by atoms with Crippen LogP contribution in [0.4, 0.5) is 0 Å².